The van der Waals surface area contributed by atoms with E-state index in [1.54, 1.807) is 14.0 Å². The highest BCUT2D eigenvalue weighted by atomic mass is 32.1. The third-order valence-electron chi connectivity index (χ3n) is 3.50. The number of fused-ring (bicyclic) bond motifs is 1. The average Bonchev–Trinajstić information content (AvgIpc) is 2.95. The minimum Gasteiger partial charge on any atom is -0.497 e. The minimum atomic E-state index is -0.617. The summed E-state index contributed by atoms with van der Waals surface area (Å²) >= 11 is 1.40. The van der Waals surface area contributed by atoms with Crippen molar-refractivity contribution in [3.8, 4) is 11.5 Å². The first-order valence-electron chi connectivity index (χ1n) is 7.54. The van der Waals surface area contributed by atoms with Crippen LogP contribution in [-0.2, 0) is 4.79 Å². The molecule has 24 heavy (non-hydrogen) atoms. The van der Waals surface area contributed by atoms with E-state index in [1.165, 1.54) is 11.3 Å². The van der Waals surface area contributed by atoms with E-state index in [9.17, 15) is 4.79 Å². The molecule has 0 aliphatic rings. The average molecular weight is 342 g/mol. The van der Waals surface area contributed by atoms with Gasteiger partial charge in [0.2, 0.25) is 0 Å². The van der Waals surface area contributed by atoms with E-state index in [4.69, 9.17) is 9.47 Å². The first-order chi connectivity index (χ1) is 11.5. The lowest BCUT2D eigenvalue weighted by Crippen LogP contribution is -2.30. The van der Waals surface area contributed by atoms with Gasteiger partial charge in [-0.05, 0) is 49.7 Å². The van der Waals surface area contributed by atoms with Gasteiger partial charge in [-0.25, -0.2) is 4.98 Å². The van der Waals surface area contributed by atoms with Crippen molar-refractivity contribution in [1.29, 1.82) is 0 Å². The lowest BCUT2D eigenvalue weighted by Gasteiger charge is -2.13. The summed E-state index contributed by atoms with van der Waals surface area (Å²) < 4.78 is 11.8. The Labute approximate surface area is 144 Å². The summed E-state index contributed by atoms with van der Waals surface area (Å²) in [5.74, 6) is 1.20. The van der Waals surface area contributed by atoms with Crippen LogP contribution in [0.25, 0.3) is 10.2 Å². The number of benzene rings is 2. The van der Waals surface area contributed by atoms with E-state index >= 15 is 0 Å². The molecule has 0 unspecified atom stereocenters. The molecule has 124 valence electrons. The fourth-order valence-corrected chi connectivity index (χ4v) is 3.14. The van der Waals surface area contributed by atoms with Crippen molar-refractivity contribution < 1.29 is 14.3 Å². The number of thiazole rings is 1. The normalized spacial score (nSPS) is 12.0. The Bertz CT molecular complexity index is 876. The number of carbonyl (C=O) groups is 1. The molecular weight excluding hydrogens is 324 g/mol. The van der Waals surface area contributed by atoms with Crippen LogP contribution in [0.3, 0.4) is 0 Å². The zero-order chi connectivity index (χ0) is 17.1. The summed E-state index contributed by atoms with van der Waals surface area (Å²) in [6.07, 6.45) is -0.617. The van der Waals surface area contributed by atoms with Gasteiger partial charge in [-0.2, -0.15) is 0 Å². The second kappa shape index (κ2) is 6.88. The van der Waals surface area contributed by atoms with Crippen molar-refractivity contribution in [2.75, 3.05) is 12.4 Å². The van der Waals surface area contributed by atoms with Crippen molar-refractivity contribution >= 4 is 32.6 Å². The van der Waals surface area contributed by atoms with Gasteiger partial charge in [0.05, 0.1) is 17.3 Å². The molecule has 0 fully saturated rings. The Hall–Kier alpha value is -2.60. The Morgan fingerprint density at radius 1 is 1.21 bits per heavy atom. The van der Waals surface area contributed by atoms with Gasteiger partial charge >= 0.3 is 0 Å². The van der Waals surface area contributed by atoms with Crippen LogP contribution in [0, 0.1) is 6.92 Å². The molecule has 0 aliphatic carbocycles. The molecule has 0 radical (unpaired) electrons. The second-order valence-corrected chi connectivity index (χ2v) is 6.45. The standard InChI is InChI=1S/C18H18N2O3S/c1-11-5-4-6-14(9-11)23-12(2)17(21)20-18-19-15-8-7-13(22-3)10-16(15)24-18/h4-10,12H,1-3H3,(H,19,20,21)/t12-/m1/s1. The molecule has 1 atom stereocenters. The Morgan fingerprint density at radius 3 is 2.79 bits per heavy atom. The van der Waals surface area contributed by atoms with Crippen molar-refractivity contribution in [1.82, 2.24) is 4.98 Å². The molecule has 0 saturated carbocycles. The van der Waals surface area contributed by atoms with Crippen LogP contribution in [0.15, 0.2) is 42.5 Å². The largest absolute Gasteiger partial charge is 0.497 e. The lowest BCUT2D eigenvalue weighted by molar-refractivity contribution is -0.122. The summed E-state index contributed by atoms with van der Waals surface area (Å²) in [4.78, 5) is 16.7. The molecule has 3 rings (SSSR count). The maximum Gasteiger partial charge on any atom is 0.266 e. The molecule has 0 aliphatic heterocycles. The smallest absolute Gasteiger partial charge is 0.266 e. The van der Waals surface area contributed by atoms with Crippen LogP contribution in [0.1, 0.15) is 12.5 Å². The van der Waals surface area contributed by atoms with Gasteiger partial charge in [-0.15, -0.1) is 0 Å². The summed E-state index contributed by atoms with van der Waals surface area (Å²) in [5.41, 5.74) is 1.91. The van der Waals surface area contributed by atoms with Gasteiger partial charge in [0.25, 0.3) is 5.91 Å². The van der Waals surface area contributed by atoms with E-state index in [1.807, 2.05) is 49.4 Å². The van der Waals surface area contributed by atoms with Crippen LogP contribution >= 0.6 is 11.3 Å². The maximum atomic E-state index is 12.3. The van der Waals surface area contributed by atoms with Gasteiger partial charge < -0.3 is 9.47 Å². The summed E-state index contributed by atoms with van der Waals surface area (Å²) in [6.45, 7) is 3.70. The molecule has 1 amide bonds. The fraction of sp³-hybridized carbons (Fsp3) is 0.222. The fourth-order valence-electron chi connectivity index (χ4n) is 2.24. The first kappa shape index (κ1) is 16.3. The molecule has 1 aromatic heterocycles. The number of hydrogen-bond donors (Lipinski definition) is 1. The van der Waals surface area contributed by atoms with E-state index in [0.29, 0.717) is 10.9 Å². The van der Waals surface area contributed by atoms with Crippen LogP contribution in [0.4, 0.5) is 5.13 Å². The summed E-state index contributed by atoms with van der Waals surface area (Å²) in [6, 6.07) is 13.2. The second-order valence-electron chi connectivity index (χ2n) is 5.42. The zero-order valence-corrected chi connectivity index (χ0v) is 14.5. The minimum absolute atomic E-state index is 0.234. The number of nitrogens with one attached hydrogen (secondary N) is 1. The van der Waals surface area contributed by atoms with Crippen LogP contribution < -0.4 is 14.8 Å². The van der Waals surface area contributed by atoms with Gasteiger partial charge in [0.15, 0.2) is 11.2 Å². The maximum absolute atomic E-state index is 12.3. The summed E-state index contributed by atoms with van der Waals surface area (Å²) in [5, 5.41) is 3.35. The van der Waals surface area contributed by atoms with E-state index in [0.717, 1.165) is 21.5 Å². The number of aryl methyl sites for hydroxylation is 1. The van der Waals surface area contributed by atoms with Crippen molar-refractivity contribution in [3.63, 3.8) is 0 Å². The number of methoxy groups -OCH3 is 1. The number of carbonyl (C=O) groups excluding carboxylic acids is 1. The third-order valence-corrected chi connectivity index (χ3v) is 4.43. The van der Waals surface area contributed by atoms with Gasteiger partial charge in [0.1, 0.15) is 11.5 Å². The predicted octanol–water partition coefficient (Wildman–Crippen LogP) is 4.02. The summed E-state index contributed by atoms with van der Waals surface area (Å²) in [7, 11) is 1.62. The predicted molar refractivity (Wildman–Crippen MR) is 96.1 cm³/mol. The monoisotopic (exact) mass is 342 g/mol. The number of rotatable bonds is 5. The Morgan fingerprint density at radius 2 is 2.04 bits per heavy atom. The molecule has 3 aromatic rings. The first-order valence-corrected chi connectivity index (χ1v) is 8.35. The molecular formula is C18H18N2O3S. The van der Waals surface area contributed by atoms with E-state index in [2.05, 4.69) is 10.3 Å². The molecule has 1 N–H and O–H groups in total. The van der Waals surface area contributed by atoms with Crippen LogP contribution in [-0.4, -0.2) is 24.1 Å². The zero-order valence-electron chi connectivity index (χ0n) is 13.7. The molecule has 0 spiro atoms. The van der Waals surface area contributed by atoms with E-state index < -0.39 is 6.10 Å². The lowest BCUT2D eigenvalue weighted by atomic mass is 10.2. The molecule has 2 aromatic carbocycles. The number of aromatic nitrogens is 1. The number of nitrogens with zero attached hydrogens (tertiary/aromatic N) is 1. The Kier molecular flexibility index (Phi) is 4.66. The third kappa shape index (κ3) is 3.65. The topological polar surface area (TPSA) is 60.5 Å². The van der Waals surface area contributed by atoms with Gasteiger partial charge in [0, 0.05) is 0 Å². The molecule has 6 heteroatoms. The highest BCUT2D eigenvalue weighted by molar-refractivity contribution is 7.22. The quantitative estimate of drug-likeness (QED) is 0.761. The number of amides is 1. The Balaban J connectivity index is 1.69. The van der Waals surface area contributed by atoms with Crippen LogP contribution in [0.2, 0.25) is 0 Å². The molecule has 1 heterocycles. The highest BCUT2D eigenvalue weighted by Crippen LogP contribution is 2.29. The van der Waals surface area contributed by atoms with Crippen molar-refractivity contribution in [2.45, 2.75) is 20.0 Å². The molecule has 0 bridgehead atoms. The van der Waals surface area contributed by atoms with E-state index in [-0.39, 0.29) is 5.91 Å². The molecule has 0 saturated heterocycles. The number of hydrogen-bond acceptors (Lipinski definition) is 5. The number of ether oxygens (including phenoxy) is 2. The van der Waals surface area contributed by atoms with Crippen molar-refractivity contribution in [2.24, 2.45) is 0 Å². The SMILES string of the molecule is COc1ccc2nc(NC(=O)[C@@H](C)Oc3cccc(C)c3)sc2c1. The molecule has 5 nitrogen and oxygen atoms in total. The van der Waals surface area contributed by atoms with Crippen molar-refractivity contribution in [3.05, 3.63) is 48.0 Å². The van der Waals surface area contributed by atoms with Gasteiger partial charge in [-0.1, -0.05) is 23.5 Å². The van der Waals surface area contributed by atoms with Crippen LogP contribution in [0.5, 0.6) is 11.5 Å². The highest BCUT2D eigenvalue weighted by Gasteiger charge is 2.17. The number of anilines is 1. The van der Waals surface area contributed by atoms with Gasteiger partial charge in [-0.3, -0.25) is 10.1 Å².